The first-order valence-electron chi connectivity index (χ1n) is 8.70. The molecule has 0 bridgehead atoms. The van der Waals surface area contributed by atoms with Gasteiger partial charge in [0.15, 0.2) is 9.84 Å². The van der Waals surface area contributed by atoms with Crippen molar-refractivity contribution in [1.29, 1.82) is 0 Å². The first-order chi connectivity index (χ1) is 10.1. The Kier molecular flexibility index (Phi) is 6.96. The summed E-state index contributed by atoms with van der Waals surface area (Å²) in [7, 11) is -3.07. The highest BCUT2D eigenvalue weighted by Gasteiger charge is 2.35. The number of sulfone groups is 1. The maximum absolute atomic E-state index is 12.9. The maximum atomic E-state index is 12.9. The Morgan fingerprint density at radius 1 is 1.05 bits per heavy atom. The van der Waals surface area contributed by atoms with Crippen LogP contribution in [0.2, 0.25) is 0 Å². The van der Waals surface area contributed by atoms with Gasteiger partial charge in [-0.15, -0.1) is 0 Å². The van der Waals surface area contributed by atoms with Crippen molar-refractivity contribution in [3.8, 4) is 0 Å². The van der Waals surface area contributed by atoms with Crippen LogP contribution in [0.15, 0.2) is 0 Å². The van der Waals surface area contributed by atoms with Crippen LogP contribution in [0, 0.1) is 0 Å². The molecule has 0 amide bonds. The van der Waals surface area contributed by atoms with Crippen molar-refractivity contribution in [3.05, 3.63) is 0 Å². The largest absolute Gasteiger partial charge is 0.377 e. The van der Waals surface area contributed by atoms with Gasteiger partial charge in [-0.3, -0.25) is 0 Å². The molecule has 0 aromatic heterocycles. The third-order valence-corrected chi connectivity index (χ3v) is 7.09. The van der Waals surface area contributed by atoms with Crippen molar-refractivity contribution < 1.29 is 13.2 Å². The first kappa shape index (κ1) is 17.2. The van der Waals surface area contributed by atoms with Crippen LogP contribution < -0.4 is 5.32 Å². The lowest BCUT2D eigenvalue weighted by Gasteiger charge is -2.30. The molecular weight excluding hydrogens is 286 g/mol. The Bertz CT molecular complexity index is 388. The third kappa shape index (κ3) is 5.22. The fourth-order valence-corrected chi connectivity index (χ4v) is 5.89. The number of ether oxygens (including phenoxy) is 1. The van der Waals surface area contributed by atoms with Crippen LogP contribution in [0.25, 0.3) is 0 Å². The molecule has 1 aliphatic carbocycles. The lowest BCUT2D eigenvalue weighted by Crippen LogP contribution is -2.47. The molecule has 1 heterocycles. The number of hydrogen-bond acceptors (Lipinski definition) is 4. The zero-order chi connectivity index (χ0) is 15.1. The maximum Gasteiger partial charge on any atom is 0.157 e. The van der Waals surface area contributed by atoms with E-state index < -0.39 is 9.84 Å². The lowest BCUT2D eigenvalue weighted by atomic mass is 9.96. The highest BCUT2D eigenvalue weighted by Crippen LogP contribution is 2.26. The molecule has 5 heteroatoms. The summed E-state index contributed by atoms with van der Waals surface area (Å²) in [6, 6.07) is 0.136. The van der Waals surface area contributed by atoms with E-state index in [9.17, 15) is 8.42 Å². The van der Waals surface area contributed by atoms with E-state index in [-0.39, 0.29) is 23.1 Å². The molecule has 2 aliphatic rings. The van der Waals surface area contributed by atoms with Crippen molar-refractivity contribution >= 4 is 9.84 Å². The molecule has 124 valence electrons. The summed E-state index contributed by atoms with van der Waals surface area (Å²) < 4.78 is 31.3. The molecule has 1 saturated carbocycles. The fraction of sp³-hybridized carbons (Fsp3) is 1.00. The highest BCUT2D eigenvalue weighted by molar-refractivity contribution is 7.92. The Labute approximate surface area is 129 Å². The Balaban J connectivity index is 2.04. The minimum absolute atomic E-state index is 0.0627. The van der Waals surface area contributed by atoms with Crippen LogP contribution in [-0.2, 0) is 14.6 Å². The van der Waals surface area contributed by atoms with Gasteiger partial charge in [-0.2, -0.15) is 0 Å². The van der Waals surface area contributed by atoms with Crippen molar-refractivity contribution in [2.24, 2.45) is 0 Å². The molecule has 21 heavy (non-hydrogen) atoms. The summed E-state index contributed by atoms with van der Waals surface area (Å²) in [5.41, 5.74) is 0. The number of nitrogens with one attached hydrogen (secondary N) is 1. The molecule has 0 radical (unpaired) electrons. The predicted molar refractivity (Wildman–Crippen MR) is 86.3 cm³/mol. The van der Waals surface area contributed by atoms with Crippen LogP contribution in [0.5, 0.6) is 0 Å². The third-order valence-electron chi connectivity index (χ3n) is 4.76. The van der Waals surface area contributed by atoms with Gasteiger partial charge < -0.3 is 10.1 Å². The Morgan fingerprint density at radius 2 is 1.81 bits per heavy atom. The van der Waals surface area contributed by atoms with E-state index in [1.54, 1.807) is 0 Å². The molecule has 1 aliphatic heterocycles. The van der Waals surface area contributed by atoms with E-state index in [0.29, 0.717) is 0 Å². The van der Waals surface area contributed by atoms with E-state index in [1.165, 1.54) is 12.8 Å². The minimum atomic E-state index is -3.07. The second kappa shape index (κ2) is 8.49. The van der Waals surface area contributed by atoms with Gasteiger partial charge in [-0.05, 0) is 38.6 Å². The summed E-state index contributed by atoms with van der Waals surface area (Å²) in [4.78, 5) is 0. The van der Waals surface area contributed by atoms with Crippen LogP contribution in [0.3, 0.4) is 0 Å². The quantitative estimate of drug-likeness (QED) is 0.818. The van der Waals surface area contributed by atoms with Gasteiger partial charge in [0, 0.05) is 12.6 Å². The standard InChI is InChI=1S/C16H31NO3S/c1-2-11-17-15-9-5-3-4-6-10-16(15)21(18,19)13-14-8-7-12-20-14/h14-17H,2-13H2,1H3. The Hall–Kier alpha value is -0.130. The molecule has 3 unspecified atom stereocenters. The van der Waals surface area contributed by atoms with Crippen molar-refractivity contribution in [1.82, 2.24) is 5.32 Å². The van der Waals surface area contributed by atoms with E-state index in [4.69, 9.17) is 4.74 Å². The lowest BCUT2D eigenvalue weighted by molar-refractivity contribution is 0.127. The zero-order valence-corrected chi connectivity index (χ0v) is 14.2. The van der Waals surface area contributed by atoms with Gasteiger partial charge in [-0.1, -0.05) is 32.6 Å². The molecule has 2 rings (SSSR count). The molecule has 0 aromatic rings. The van der Waals surface area contributed by atoms with Gasteiger partial charge in [0.25, 0.3) is 0 Å². The van der Waals surface area contributed by atoms with Gasteiger partial charge in [-0.25, -0.2) is 8.42 Å². The zero-order valence-electron chi connectivity index (χ0n) is 13.4. The monoisotopic (exact) mass is 317 g/mol. The summed E-state index contributed by atoms with van der Waals surface area (Å²) in [6.45, 7) is 3.77. The van der Waals surface area contributed by atoms with Crippen LogP contribution in [-0.4, -0.2) is 44.7 Å². The predicted octanol–water partition coefficient (Wildman–Crippen LogP) is 2.67. The SMILES string of the molecule is CCCNC1CCCCCCC1S(=O)(=O)CC1CCCO1. The number of rotatable bonds is 6. The van der Waals surface area contributed by atoms with Crippen LogP contribution in [0.4, 0.5) is 0 Å². The van der Waals surface area contributed by atoms with Gasteiger partial charge in [0.1, 0.15) is 0 Å². The van der Waals surface area contributed by atoms with Crippen molar-refractivity contribution in [2.75, 3.05) is 18.9 Å². The molecular formula is C16H31NO3S. The van der Waals surface area contributed by atoms with E-state index in [0.717, 1.165) is 58.1 Å². The molecule has 3 atom stereocenters. The van der Waals surface area contributed by atoms with Gasteiger partial charge in [0.05, 0.1) is 17.1 Å². The molecule has 2 fully saturated rings. The second-order valence-electron chi connectivity index (χ2n) is 6.56. The van der Waals surface area contributed by atoms with Crippen molar-refractivity contribution in [2.45, 2.75) is 82.1 Å². The van der Waals surface area contributed by atoms with E-state index in [1.807, 2.05) is 0 Å². The second-order valence-corrected chi connectivity index (χ2v) is 8.82. The summed E-state index contributed by atoms with van der Waals surface area (Å²) in [5.74, 6) is 0.224. The first-order valence-corrected chi connectivity index (χ1v) is 10.4. The molecule has 1 saturated heterocycles. The van der Waals surface area contributed by atoms with Gasteiger partial charge in [0.2, 0.25) is 0 Å². The fourth-order valence-electron chi connectivity index (χ4n) is 3.60. The van der Waals surface area contributed by atoms with Crippen LogP contribution in [0.1, 0.15) is 64.7 Å². The summed E-state index contributed by atoms with van der Waals surface area (Å²) in [6.07, 6.45) is 9.30. The smallest absolute Gasteiger partial charge is 0.157 e. The van der Waals surface area contributed by atoms with Gasteiger partial charge >= 0.3 is 0 Å². The van der Waals surface area contributed by atoms with E-state index in [2.05, 4.69) is 12.2 Å². The molecule has 0 spiro atoms. The topological polar surface area (TPSA) is 55.4 Å². The summed E-state index contributed by atoms with van der Waals surface area (Å²) in [5, 5.41) is 3.29. The minimum Gasteiger partial charge on any atom is -0.377 e. The average Bonchev–Trinajstić information content (AvgIpc) is 2.89. The highest BCUT2D eigenvalue weighted by atomic mass is 32.2. The van der Waals surface area contributed by atoms with Crippen LogP contribution >= 0.6 is 0 Å². The number of hydrogen-bond donors (Lipinski definition) is 1. The van der Waals surface area contributed by atoms with E-state index >= 15 is 0 Å². The molecule has 1 N–H and O–H groups in total. The summed E-state index contributed by atoms with van der Waals surface area (Å²) >= 11 is 0. The average molecular weight is 317 g/mol. The molecule has 4 nitrogen and oxygen atoms in total. The van der Waals surface area contributed by atoms with Crippen molar-refractivity contribution in [3.63, 3.8) is 0 Å². The normalized spacial score (nSPS) is 31.8. The Morgan fingerprint density at radius 3 is 2.48 bits per heavy atom. The molecule has 0 aromatic carbocycles.